The normalized spacial score (nSPS) is 12.2. The van der Waals surface area contributed by atoms with Crippen molar-refractivity contribution in [3.63, 3.8) is 0 Å². The first-order valence-electron chi connectivity index (χ1n) is 7.46. The van der Waals surface area contributed by atoms with Crippen LogP contribution >= 0.6 is 15.9 Å². The molecule has 3 heterocycles. The van der Waals surface area contributed by atoms with Crippen LogP contribution in [0.5, 0.6) is 0 Å². The number of pyridine rings is 2. The van der Waals surface area contributed by atoms with E-state index >= 15 is 0 Å². The number of benzene rings is 1. The van der Waals surface area contributed by atoms with Gasteiger partial charge in [-0.3, -0.25) is 14.1 Å². The zero-order valence-corrected chi connectivity index (χ0v) is 14.8. The van der Waals surface area contributed by atoms with E-state index in [-0.39, 0.29) is 5.69 Å². The Morgan fingerprint density at radius 3 is 2.50 bits per heavy atom. The Balaban J connectivity index is 2.08. The summed E-state index contributed by atoms with van der Waals surface area (Å²) in [6, 6.07) is 7.54. The highest BCUT2D eigenvalue weighted by molar-refractivity contribution is 9.10. The van der Waals surface area contributed by atoms with Crippen molar-refractivity contribution < 1.29 is 13.2 Å². The van der Waals surface area contributed by atoms with Crippen LogP contribution in [0, 0.1) is 0 Å². The Bertz CT molecular complexity index is 1210. The van der Waals surface area contributed by atoms with Crippen LogP contribution in [-0.4, -0.2) is 19.1 Å². The standard InChI is InChI=1S/C17H10BrF3N4O/c1-24-13-8-22-12-4-2-9(18)6-11(12)15(13)25(16(24)26)10-3-5-14(23-7-10)17(19,20)21/h2-8H,1H3. The Kier molecular flexibility index (Phi) is 3.65. The first-order chi connectivity index (χ1) is 12.3. The molecule has 0 fully saturated rings. The lowest BCUT2D eigenvalue weighted by atomic mass is 10.2. The van der Waals surface area contributed by atoms with E-state index in [2.05, 4.69) is 25.9 Å². The third kappa shape index (κ3) is 2.50. The number of nitrogens with zero attached hydrogens (tertiary/aromatic N) is 4. The van der Waals surface area contributed by atoms with E-state index in [1.54, 1.807) is 19.3 Å². The molecule has 9 heteroatoms. The summed E-state index contributed by atoms with van der Waals surface area (Å²) < 4.78 is 41.8. The van der Waals surface area contributed by atoms with Gasteiger partial charge in [-0.2, -0.15) is 13.2 Å². The Hall–Kier alpha value is -2.68. The third-order valence-corrected chi connectivity index (χ3v) is 4.64. The molecule has 26 heavy (non-hydrogen) atoms. The van der Waals surface area contributed by atoms with Crippen LogP contribution < -0.4 is 5.69 Å². The molecular formula is C17H10BrF3N4O. The number of halogens is 4. The maximum Gasteiger partial charge on any atom is 0.433 e. The summed E-state index contributed by atoms with van der Waals surface area (Å²) in [7, 11) is 1.59. The molecule has 5 nitrogen and oxygen atoms in total. The first-order valence-corrected chi connectivity index (χ1v) is 8.26. The number of hydrogen-bond acceptors (Lipinski definition) is 3. The summed E-state index contributed by atoms with van der Waals surface area (Å²) in [6.07, 6.45) is -1.92. The van der Waals surface area contributed by atoms with Crippen molar-refractivity contribution in [1.82, 2.24) is 19.1 Å². The van der Waals surface area contributed by atoms with Crippen molar-refractivity contribution in [3.05, 3.63) is 63.4 Å². The molecule has 132 valence electrons. The number of imidazole rings is 1. The summed E-state index contributed by atoms with van der Waals surface area (Å²) in [5, 5.41) is 0.703. The Morgan fingerprint density at radius 2 is 1.85 bits per heavy atom. The second-order valence-corrected chi connectivity index (χ2v) is 6.65. The third-order valence-electron chi connectivity index (χ3n) is 4.14. The van der Waals surface area contributed by atoms with Gasteiger partial charge in [-0.1, -0.05) is 15.9 Å². The minimum absolute atomic E-state index is 0.251. The van der Waals surface area contributed by atoms with Gasteiger partial charge >= 0.3 is 11.9 Å². The fourth-order valence-electron chi connectivity index (χ4n) is 2.90. The topological polar surface area (TPSA) is 52.7 Å². The summed E-state index contributed by atoms with van der Waals surface area (Å²) in [5.41, 5.74) is 0.645. The van der Waals surface area contributed by atoms with Gasteiger partial charge in [0.1, 0.15) is 5.69 Å². The van der Waals surface area contributed by atoms with E-state index < -0.39 is 17.6 Å². The minimum Gasteiger partial charge on any atom is -0.293 e. The van der Waals surface area contributed by atoms with Crippen LogP contribution in [0.3, 0.4) is 0 Å². The number of aromatic nitrogens is 4. The van der Waals surface area contributed by atoms with Crippen LogP contribution in [-0.2, 0) is 13.2 Å². The van der Waals surface area contributed by atoms with Crippen LogP contribution in [0.15, 0.2) is 52.0 Å². The van der Waals surface area contributed by atoms with E-state index in [0.29, 0.717) is 21.9 Å². The number of fused-ring (bicyclic) bond motifs is 3. The van der Waals surface area contributed by atoms with Gasteiger partial charge in [0.25, 0.3) is 0 Å². The second-order valence-electron chi connectivity index (χ2n) is 5.73. The monoisotopic (exact) mass is 422 g/mol. The average Bonchev–Trinajstić information content (AvgIpc) is 2.86. The summed E-state index contributed by atoms with van der Waals surface area (Å²) in [6.45, 7) is 0. The van der Waals surface area contributed by atoms with E-state index in [1.807, 2.05) is 12.1 Å². The number of alkyl halides is 3. The molecule has 0 amide bonds. The van der Waals surface area contributed by atoms with Gasteiger partial charge in [0, 0.05) is 16.9 Å². The minimum atomic E-state index is -4.54. The highest BCUT2D eigenvalue weighted by Gasteiger charge is 2.32. The van der Waals surface area contributed by atoms with Gasteiger partial charge in [0.05, 0.1) is 34.6 Å². The molecule has 4 rings (SSSR count). The molecule has 3 aromatic heterocycles. The predicted molar refractivity (Wildman–Crippen MR) is 94.3 cm³/mol. The van der Waals surface area contributed by atoms with Gasteiger partial charge in [0.2, 0.25) is 0 Å². The summed E-state index contributed by atoms with van der Waals surface area (Å²) >= 11 is 3.40. The molecule has 0 bridgehead atoms. The number of aryl methyl sites for hydroxylation is 1. The van der Waals surface area contributed by atoms with Crippen molar-refractivity contribution in [1.29, 1.82) is 0 Å². The molecule has 0 radical (unpaired) electrons. The molecule has 0 aliphatic carbocycles. The lowest BCUT2D eigenvalue weighted by Gasteiger charge is -2.08. The van der Waals surface area contributed by atoms with Crippen LogP contribution in [0.2, 0.25) is 0 Å². The molecule has 0 spiro atoms. The van der Waals surface area contributed by atoms with E-state index in [9.17, 15) is 18.0 Å². The molecule has 0 aliphatic heterocycles. The maximum absolute atomic E-state index is 12.8. The van der Waals surface area contributed by atoms with E-state index in [4.69, 9.17) is 0 Å². The summed E-state index contributed by atoms with van der Waals surface area (Å²) in [5.74, 6) is 0. The molecular weight excluding hydrogens is 413 g/mol. The second kappa shape index (κ2) is 5.66. The fourth-order valence-corrected chi connectivity index (χ4v) is 3.26. The zero-order chi connectivity index (χ0) is 18.6. The smallest absolute Gasteiger partial charge is 0.293 e. The van der Waals surface area contributed by atoms with Gasteiger partial charge in [-0.25, -0.2) is 9.78 Å². The molecule has 0 aliphatic rings. The molecule has 0 N–H and O–H groups in total. The number of hydrogen-bond donors (Lipinski definition) is 0. The molecule has 4 aromatic rings. The SMILES string of the molecule is Cn1c(=O)n(-c2ccc(C(F)(F)F)nc2)c2c3cc(Br)ccc3ncc21. The average molecular weight is 423 g/mol. The van der Waals surface area contributed by atoms with Crippen molar-refractivity contribution in [2.75, 3.05) is 0 Å². The van der Waals surface area contributed by atoms with Crippen molar-refractivity contribution in [3.8, 4) is 5.69 Å². The fraction of sp³-hybridized carbons (Fsp3) is 0.118. The van der Waals surface area contributed by atoms with Crippen molar-refractivity contribution in [2.45, 2.75) is 6.18 Å². The largest absolute Gasteiger partial charge is 0.433 e. The molecule has 0 unspecified atom stereocenters. The molecule has 1 aromatic carbocycles. The van der Waals surface area contributed by atoms with Crippen LogP contribution in [0.1, 0.15) is 5.69 Å². The van der Waals surface area contributed by atoms with Crippen molar-refractivity contribution in [2.24, 2.45) is 7.05 Å². The van der Waals surface area contributed by atoms with Crippen LogP contribution in [0.4, 0.5) is 13.2 Å². The van der Waals surface area contributed by atoms with Gasteiger partial charge in [-0.15, -0.1) is 0 Å². The van der Waals surface area contributed by atoms with Crippen LogP contribution in [0.25, 0.3) is 27.6 Å². The van der Waals surface area contributed by atoms with E-state index in [0.717, 1.165) is 16.7 Å². The summed E-state index contributed by atoms with van der Waals surface area (Å²) in [4.78, 5) is 20.5. The first kappa shape index (κ1) is 16.8. The highest BCUT2D eigenvalue weighted by atomic mass is 79.9. The zero-order valence-electron chi connectivity index (χ0n) is 13.3. The quantitative estimate of drug-likeness (QED) is 0.464. The highest BCUT2D eigenvalue weighted by Crippen LogP contribution is 2.30. The van der Waals surface area contributed by atoms with Gasteiger partial charge < -0.3 is 0 Å². The lowest BCUT2D eigenvalue weighted by Crippen LogP contribution is -2.21. The van der Waals surface area contributed by atoms with Gasteiger partial charge in [0.15, 0.2) is 0 Å². The Morgan fingerprint density at radius 1 is 1.08 bits per heavy atom. The maximum atomic E-state index is 12.8. The predicted octanol–water partition coefficient (Wildman–Crippen LogP) is 4.05. The molecule has 0 atom stereocenters. The van der Waals surface area contributed by atoms with Crippen molar-refractivity contribution >= 4 is 37.9 Å². The lowest BCUT2D eigenvalue weighted by molar-refractivity contribution is -0.141. The molecule has 0 saturated carbocycles. The Labute approximate surface area is 152 Å². The molecule has 0 saturated heterocycles. The number of rotatable bonds is 1. The van der Waals surface area contributed by atoms with E-state index in [1.165, 1.54) is 15.2 Å². The van der Waals surface area contributed by atoms with Gasteiger partial charge in [-0.05, 0) is 30.3 Å².